The summed E-state index contributed by atoms with van der Waals surface area (Å²) >= 11 is 0. The van der Waals surface area contributed by atoms with Crippen LogP contribution in [0.5, 0.6) is 0 Å². The number of ether oxygens (including phenoxy) is 8. The monoisotopic (exact) mass is 886 g/mol. The third-order valence-electron chi connectivity index (χ3n) is 12.4. The van der Waals surface area contributed by atoms with E-state index in [1.54, 1.807) is 45.9 Å². The van der Waals surface area contributed by atoms with Crippen molar-refractivity contribution in [2.75, 3.05) is 7.11 Å². The summed E-state index contributed by atoms with van der Waals surface area (Å²) < 4.78 is 47.1. The largest absolute Gasteiger partial charge is 0.466 e. The number of Topliss-reactive ketones (excluding diaryl/α,β-unsaturated/α-hetero) is 1. The van der Waals surface area contributed by atoms with Crippen molar-refractivity contribution in [1.82, 2.24) is 0 Å². The lowest BCUT2D eigenvalue weighted by Crippen LogP contribution is -2.65. The SMILES string of the molecule is CCCC=CC=CC(=O)OC1C2=CC(=O)OC2C2CC(C(C)=O)OC(=O)CC(O)CC3CC(OC(C)=O)C(C)(C)C(O)(CC4CC(=CC(=O)OC)CC(C=CC(C)(C)C1(O)O2)O4)O3. The van der Waals surface area contributed by atoms with E-state index in [4.69, 9.17) is 37.9 Å². The summed E-state index contributed by atoms with van der Waals surface area (Å²) in [4.78, 5) is 77.7. The zero-order valence-corrected chi connectivity index (χ0v) is 37.2. The smallest absolute Gasteiger partial charge is 0.331 e. The highest BCUT2D eigenvalue weighted by Crippen LogP contribution is 2.51. The highest BCUT2D eigenvalue weighted by atomic mass is 16.7. The molecule has 3 fully saturated rings. The molecule has 0 radical (unpaired) electrons. The summed E-state index contributed by atoms with van der Waals surface area (Å²) in [5, 5.41) is 36.5. The molecule has 5 rings (SSSR count). The molecular formula is C46H62O17. The van der Waals surface area contributed by atoms with Gasteiger partial charge in [0.1, 0.15) is 12.2 Å². The standard InChI is InChI=1S/C46H62O17/c1-9-10-11-12-13-14-37(50)61-42-33-23-40(53)60-41(33)35-24-34(26(2)47)59-39(52)21-29(49)20-31-22-36(57-27(3)48)44(6,7)45(54,62-31)25-32-18-28(19-38(51)56-8)17-30(58-32)15-16-43(4,5)46(42,55)63-35/h11-16,19,23,29-32,34-36,41-42,49,54-55H,9-10,17-18,20-22,24-25H2,1-8H3. The van der Waals surface area contributed by atoms with Crippen molar-refractivity contribution in [2.45, 2.75) is 173 Å². The van der Waals surface area contributed by atoms with Crippen LogP contribution in [0.4, 0.5) is 0 Å². The van der Waals surface area contributed by atoms with Gasteiger partial charge in [0.15, 0.2) is 29.9 Å². The highest BCUT2D eigenvalue weighted by Gasteiger charge is 2.63. The fourth-order valence-corrected chi connectivity index (χ4v) is 8.72. The van der Waals surface area contributed by atoms with Crippen molar-refractivity contribution >= 4 is 35.6 Å². The van der Waals surface area contributed by atoms with Crippen LogP contribution in [0, 0.1) is 10.8 Å². The Hall–Kier alpha value is -4.52. The number of esters is 5. The van der Waals surface area contributed by atoms with E-state index < -0.39 is 126 Å². The van der Waals surface area contributed by atoms with Crippen LogP contribution in [0.25, 0.3) is 0 Å². The maximum absolute atomic E-state index is 13.4. The summed E-state index contributed by atoms with van der Waals surface area (Å²) in [5.74, 6) is -9.11. The molecule has 17 nitrogen and oxygen atoms in total. The molecular weight excluding hydrogens is 824 g/mol. The molecule has 3 N–H and O–H groups in total. The summed E-state index contributed by atoms with van der Waals surface area (Å²) in [6, 6.07) is 0. The van der Waals surface area contributed by atoms with Crippen LogP contribution < -0.4 is 0 Å². The lowest BCUT2D eigenvalue weighted by Gasteiger charge is -2.53. The Kier molecular flexibility index (Phi) is 15.8. The van der Waals surface area contributed by atoms with Gasteiger partial charge in [-0.3, -0.25) is 14.4 Å². The molecule has 0 amide bonds. The van der Waals surface area contributed by atoms with Crippen molar-refractivity contribution < 1.29 is 82.0 Å². The minimum absolute atomic E-state index is 0.0430. The predicted octanol–water partition coefficient (Wildman–Crippen LogP) is 3.85. The third kappa shape index (κ3) is 11.6. The summed E-state index contributed by atoms with van der Waals surface area (Å²) in [5.41, 5.74) is -2.16. The van der Waals surface area contributed by atoms with E-state index in [9.17, 15) is 44.1 Å². The normalized spacial score (nSPS) is 36.4. The van der Waals surface area contributed by atoms with Gasteiger partial charge in [-0.15, -0.1) is 0 Å². The van der Waals surface area contributed by atoms with Gasteiger partial charge in [0.2, 0.25) is 5.79 Å². The Morgan fingerprint density at radius 1 is 0.905 bits per heavy atom. The maximum Gasteiger partial charge on any atom is 0.331 e. The van der Waals surface area contributed by atoms with Gasteiger partial charge < -0.3 is 53.2 Å². The van der Waals surface area contributed by atoms with Crippen molar-refractivity contribution in [3.8, 4) is 0 Å². The quantitative estimate of drug-likeness (QED) is 0.103. The molecule has 3 saturated heterocycles. The molecule has 0 aromatic rings. The van der Waals surface area contributed by atoms with Crippen LogP contribution >= 0.6 is 0 Å². The predicted molar refractivity (Wildman–Crippen MR) is 221 cm³/mol. The molecule has 0 aliphatic carbocycles. The Bertz CT molecular complexity index is 1910. The Morgan fingerprint density at radius 2 is 1.63 bits per heavy atom. The van der Waals surface area contributed by atoms with E-state index in [-0.39, 0.29) is 37.7 Å². The van der Waals surface area contributed by atoms with Crippen molar-refractivity contribution in [1.29, 1.82) is 0 Å². The lowest BCUT2D eigenvalue weighted by molar-refractivity contribution is -0.348. The molecule has 17 heteroatoms. The second-order valence-electron chi connectivity index (χ2n) is 18.1. The number of rotatable bonds is 8. The highest BCUT2D eigenvalue weighted by molar-refractivity contribution is 5.88. The van der Waals surface area contributed by atoms with Gasteiger partial charge in [0, 0.05) is 61.8 Å². The van der Waals surface area contributed by atoms with Gasteiger partial charge in [0.25, 0.3) is 0 Å². The number of aliphatic hydroxyl groups is 3. The van der Waals surface area contributed by atoms with Crippen molar-refractivity contribution in [3.63, 3.8) is 0 Å². The minimum atomic E-state index is -2.50. The number of unbranched alkanes of at least 4 members (excludes halogenated alkanes) is 1. The zero-order valence-electron chi connectivity index (χ0n) is 37.2. The number of aliphatic hydroxyl groups excluding tert-OH is 1. The molecule has 0 aromatic carbocycles. The number of carbonyl (C=O) groups excluding carboxylic acids is 6. The first kappa shape index (κ1) is 49.5. The number of hydrogen-bond donors (Lipinski definition) is 3. The second kappa shape index (κ2) is 20.1. The van der Waals surface area contributed by atoms with Gasteiger partial charge in [-0.25, -0.2) is 14.4 Å². The van der Waals surface area contributed by atoms with Gasteiger partial charge >= 0.3 is 29.8 Å². The Balaban J connectivity index is 1.62. The molecule has 5 heterocycles. The first-order chi connectivity index (χ1) is 29.5. The van der Waals surface area contributed by atoms with E-state index in [0.717, 1.165) is 25.0 Å². The van der Waals surface area contributed by atoms with Crippen LogP contribution in [0.1, 0.15) is 106 Å². The lowest BCUT2D eigenvalue weighted by atomic mass is 9.70. The molecule has 0 saturated carbocycles. The average Bonchev–Trinajstić information content (AvgIpc) is 3.58. The molecule has 63 heavy (non-hydrogen) atoms. The van der Waals surface area contributed by atoms with Crippen LogP contribution in [-0.4, -0.2) is 125 Å². The van der Waals surface area contributed by atoms with Gasteiger partial charge in [0.05, 0.1) is 43.4 Å². The molecule has 6 bridgehead atoms. The van der Waals surface area contributed by atoms with E-state index in [1.807, 2.05) is 13.0 Å². The minimum Gasteiger partial charge on any atom is -0.466 e. The number of carbonyl (C=O) groups is 6. The number of cyclic esters (lactones) is 1. The van der Waals surface area contributed by atoms with Crippen LogP contribution in [0.15, 0.2) is 59.8 Å². The number of hydrogen-bond acceptors (Lipinski definition) is 17. The van der Waals surface area contributed by atoms with Crippen LogP contribution in [0.2, 0.25) is 0 Å². The summed E-state index contributed by atoms with van der Waals surface area (Å²) in [6.45, 7) is 10.9. The summed E-state index contributed by atoms with van der Waals surface area (Å²) in [6.07, 6.45) is 1.62. The maximum atomic E-state index is 13.4. The second-order valence-corrected chi connectivity index (χ2v) is 18.1. The zero-order chi connectivity index (χ0) is 46.5. The van der Waals surface area contributed by atoms with Gasteiger partial charge in [-0.2, -0.15) is 0 Å². The molecule has 348 valence electrons. The first-order valence-corrected chi connectivity index (χ1v) is 21.4. The third-order valence-corrected chi connectivity index (χ3v) is 12.4. The number of fused-ring (bicyclic) bond motifs is 8. The number of ketones is 1. The van der Waals surface area contributed by atoms with E-state index in [2.05, 4.69) is 0 Å². The van der Waals surface area contributed by atoms with Crippen molar-refractivity contribution in [2.24, 2.45) is 10.8 Å². The molecule has 0 aromatic heterocycles. The van der Waals surface area contributed by atoms with Crippen molar-refractivity contribution in [3.05, 3.63) is 59.8 Å². The number of methoxy groups -OCH3 is 1. The molecule has 5 aliphatic rings. The van der Waals surface area contributed by atoms with Crippen LogP contribution in [0.3, 0.4) is 0 Å². The number of allylic oxidation sites excluding steroid dienone is 3. The van der Waals surface area contributed by atoms with E-state index in [1.165, 1.54) is 33.1 Å². The molecule has 5 aliphatic heterocycles. The molecule has 0 spiro atoms. The average molecular weight is 887 g/mol. The first-order valence-electron chi connectivity index (χ1n) is 21.4. The van der Waals surface area contributed by atoms with Crippen LogP contribution in [-0.2, 0) is 66.7 Å². The van der Waals surface area contributed by atoms with E-state index >= 15 is 0 Å². The molecule has 11 atom stereocenters. The molecule has 11 unspecified atom stereocenters. The van der Waals surface area contributed by atoms with Gasteiger partial charge in [-0.05, 0) is 26.2 Å². The fourth-order valence-electron chi connectivity index (χ4n) is 8.72. The topological polar surface area (TPSA) is 237 Å². The Labute approximate surface area is 367 Å². The summed E-state index contributed by atoms with van der Waals surface area (Å²) in [7, 11) is 1.24. The fraction of sp³-hybridized carbons (Fsp3) is 0.652. The van der Waals surface area contributed by atoms with Gasteiger partial charge in [-0.1, -0.05) is 77.0 Å². The van der Waals surface area contributed by atoms with E-state index in [0.29, 0.717) is 5.57 Å². The Morgan fingerprint density at radius 3 is 2.30 bits per heavy atom.